The smallest absolute Gasteiger partial charge is 0.330 e. The number of imide groups is 1. The van der Waals surface area contributed by atoms with Gasteiger partial charge in [-0.15, -0.1) is 0 Å². The van der Waals surface area contributed by atoms with Crippen molar-refractivity contribution in [3.63, 3.8) is 0 Å². The molecule has 0 radical (unpaired) electrons. The number of hydrogen-bond donors (Lipinski definition) is 1. The van der Waals surface area contributed by atoms with Crippen molar-refractivity contribution in [2.24, 2.45) is 29.6 Å². The van der Waals surface area contributed by atoms with E-state index in [1.165, 1.54) is 0 Å². The summed E-state index contributed by atoms with van der Waals surface area (Å²) in [5.41, 5.74) is 1.35. The SMILES string of the molecule is Cc1ccc(Cl)cc1NC(=O)COC(=O)[C@H](C(C)C)N1C(=O)[C@H]2[C@H]3CC[C@@H](C3)[C@@H]2C1=O. The Morgan fingerprint density at radius 3 is 2.35 bits per heavy atom. The molecule has 1 aromatic rings. The molecule has 166 valence electrons. The fourth-order valence-electron chi connectivity index (χ4n) is 5.52. The average Bonchev–Trinajstić information content (AvgIpc) is 3.39. The third kappa shape index (κ3) is 3.84. The van der Waals surface area contributed by atoms with Crippen LogP contribution in [0.4, 0.5) is 5.69 Å². The van der Waals surface area contributed by atoms with Gasteiger partial charge in [0.15, 0.2) is 6.61 Å². The highest BCUT2D eigenvalue weighted by Gasteiger charge is 2.62. The lowest BCUT2D eigenvalue weighted by atomic mass is 9.81. The van der Waals surface area contributed by atoms with Crippen LogP contribution in [0.2, 0.25) is 5.02 Å². The van der Waals surface area contributed by atoms with Gasteiger partial charge in [0, 0.05) is 10.7 Å². The number of hydrogen-bond acceptors (Lipinski definition) is 5. The number of carbonyl (C=O) groups is 4. The van der Waals surface area contributed by atoms with E-state index in [9.17, 15) is 19.2 Å². The van der Waals surface area contributed by atoms with Gasteiger partial charge in [-0.1, -0.05) is 31.5 Å². The summed E-state index contributed by atoms with van der Waals surface area (Å²) in [7, 11) is 0. The molecule has 31 heavy (non-hydrogen) atoms. The maximum Gasteiger partial charge on any atom is 0.330 e. The molecule has 2 bridgehead atoms. The van der Waals surface area contributed by atoms with E-state index in [1.54, 1.807) is 32.0 Å². The summed E-state index contributed by atoms with van der Waals surface area (Å²) in [4.78, 5) is 52.5. The fourth-order valence-corrected chi connectivity index (χ4v) is 5.69. The van der Waals surface area contributed by atoms with Crippen LogP contribution in [0.25, 0.3) is 0 Å². The number of halogens is 1. The quantitative estimate of drug-likeness (QED) is 0.535. The van der Waals surface area contributed by atoms with Gasteiger partial charge < -0.3 is 10.1 Å². The van der Waals surface area contributed by atoms with Gasteiger partial charge in [0.1, 0.15) is 6.04 Å². The zero-order valence-corrected chi connectivity index (χ0v) is 18.6. The normalized spacial score (nSPS) is 27.6. The molecule has 4 rings (SSSR count). The van der Waals surface area contributed by atoms with Crippen molar-refractivity contribution in [1.82, 2.24) is 4.90 Å². The third-order valence-corrected chi connectivity index (χ3v) is 7.17. The van der Waals surface area contributed by atoms with Gasteiger partial charge >= 0.3 is 5.97 Å². The lowest BCUT2D eigenvalue weighted by Gasteiger charge is -2.28. The minimum atomic E-state index is -1.02. The second-order valence-corrected chi connectivity index (χ2v) is 9.67. The molecule has 1 N–H and O–H groups in total. The van der Waals surface area contributed by atoms with E-state index in [1.807, 2.05) is 6.92 Å². The Morgan fingerprint density at radius 1 is 1.16 bits per heavy atom. The summed E-state index contributed by atoms with van der Waals surface area (Å²) >= 11 is 5.96. The molecule has 3 aliphatic rings. The van der Waals surface area contributed by atoms with Gasteiger partial charge in [0.25, 0.3) is 5.91 Å². The average molecular weight is 447 g/mol. The van der Waals surface area contributed by atoms with Crippen LogP contribution in [0, 0.1) is 36.5 Å². The highest BCUT2D eigenvalue weighted by molar-refractivity contribution is 6.31. The molecule has 2 saturated carbocycles. The van der Waals surface area contributed by atoms with Gasteiger partial charge in [0.2, 0.25) is 11.8 Å². The second kappa shape index (κ2) is 8.26. The van der Waals surface area contributed by atoms with Crippen molar-refractivity contribution in [3.8, 4) is 0 Å². The third-order valence-electron chi connectivity index (χ3n) is 6.93. The van der Waals surface area contributed by atoms with E-state index >= 15 is 0 Å². The topological polar surface area (TPSA) is 92.8 Å². The summed E-state index contributed by atoms with van der Waals surface area (Å²) in [5, 5.41) is 3.14. The monoisotopic (exact) mass is 446 g/mol. The minimum Gasteiger partial charge on any atom is -0.454 e. The predicted molar refractivity (Wildman–Crippen MR) is 114 cm³/mol. The van der Waals surface area contributed by atoms with Crippen LogP contribution in [0.5, 0.6) is 0 Å². The van der Waals surface area contributed by atoms with Crippen molar-refractivity contribution < 1.29 is 23.9 Å². The number of rotatable bonds is 6. The lowest BCUT2D eigenvalue weighted by Crippen LogP contribution is -2.50. The number of esters is 1. The molecule has 0 aromatic heterocycles. The van der Waals surface area contributed by atoms with E-state index in [0.29, 0.717) is 10.7 Å². The molecular formula is C23H27ClN2O5. The zero-order chi connectivity index (χ0) is 22.4. The van der Waals surface area contributed by atoms with Gasteiger partial charge in [-0.2, -0.15) is 0 Å². The minimum absolute atomic E-state index is 0.243. The maximum absolute atomic E-state index is 13.1. The fraction of sp³-hybridized carbons (Fsp3) is 0.565. The maximum atomic E-state index is 13.1. The van der Waals surface area contributed by atoms with E-state index < -0.39 is 24.5 Å². The summed E-state index contributed by atoms with van der Waals surface area (Å²) in [6.07, 6.45) is 2.87. The van der Waals surface area contributed by atoms with Crippen LogP contribution in [0.3, 0.4) is 0 Å². The van der Waals surface area contributed by atoms with Crippen molar-refractivity contribution in [1.29, 1.82) is 0 Å². The number of ether oxygens (including phenoxy) is 1. The molecule has 1 aromatic carbocycles. The lowest BCUT2D eigenvalue weighted by molar-refractivity contribution is -0.162. The molecular weight excluding hydrogens is 420 g/mol. The van der Waals surface area contributed by atoms with E-state index in [-0.39, 0.29) is 41.4 Å². The number of carbonyl (C=O) groups excluding carboxylic acids is 4. The molecule has 1 heterocycles. The van der Waals surface area contributed by atoms with Crippen LogP contribution < -0.4 is 5.32 Å². The molecule has 5 atom stereocenters. The number of nitrogens with one attached hydrogen (secondary N) is 1. The van der Waals surface area contributed by atoms with Gasteiger partial charge in [-0.05, 0) is 61.6 Å². The zero-order valence-electron chi connectivity index (χ0n) is 17.9. The first-order valence-corrected chi connectivity index (χ1v) is 11.2. The van der Waals surface area contributed by atoms with Crippen molar-refractivity contribution >= 4 is 41.0 Å². The first-order valence-electron chi connectivity index (χ1n) is 10.8. The molecule has 8 heteroatoms. The Balaban J connectivity index is 1.42. The number of fused-ring (bicyclic) bond motifs is 5. The molecule has 0 spiro atoms. The number of anilines is 1. The Labute approximate surface area is 186 Å². The summed E-state index contributed by atoms with van der Waals surface area (Å²) in [6, 6.07) is 4.08. The number of nitrogens with zero attached hydrogens (tertiary/aromatic N) is 1. The summed E-state index contributed by atoms with van der Waals surface area (Å²) < 4.78 is 5.24. The van der Waals surface area contributed by atoms with Gasteiger partial charge in [0.05, 0.1) is 11.8 Å². The largest absolute Gasteiger partial charge is 0.454 e. The van der Waals surface area contributed by atoms with E-state index in [4.69, 9.17) is 16.3 Å². The Bertz CT molecular complexity index is 918. The highest BCUT2D eigenvalue weighted by atomic mass is 35.5. The van der Waals surface area contributed by atoms with E-state index in [0.717, 1.165) is 29.7 Å². The summed E-state index contributed by atoms with van der Waals surface area (Å²) in [6.45, 7) is 4.85. The standard InChI is InChI=1S/C23H27ClN2O5/c1-11(2)20(26-21(28)18-13-5-6-14(8-13)19(18)22(26)29)23(30)31-10-17(27)25-16-9-15(24)7-4-12(16)3/h4,7,9,11,13-14,18-20H,5-6,8,10H2,1-3H3,(H,25,27)/t13-,14-,18-,19-,20-/m0/s1. The summed E-state index contributed by atoms with van der Waals surface area (Å²) in [5.74, 6) is -2.19. The molecule has 1 aliphatic heterocycles. The number of amides is 3. The molecule has 1 saturated heterocycles. The number of likely N-dealkylation sites (tertiary alicyclic amines) is 1. The number of benzene rings is 1. The Kier molecular flexibility index (Phi) is 5.81. The molecule has 3 fully saturated rings. The Morgan fingerprint density at radius 2 is 1.77 bits per heavy atom. The second-order valence-electron chi connectivity index (χ2n) is 9.24. The number of aryl methyl sites for hydroxylation is 1. The van der Waals surface area contributed by atoms with Crippen molar-refractivity contribution in [3.05, 3.63) is 28.8 Å². The first-order chi connectivity index (χ1) is 14.7. The van der Waals surface area contributed by atoms with Crippen LogP contribution in [-0.2, 0) is 23.9 Å². The van der Waals surface area contributed by atoms with Crippen LogP contribution in [0.1, 0.15) is 38.7 Å². The van der Waals surface area contributed by atoms with Crippen LogP contribution >= 0.6 is 11.6 Å². The van der Waals surface area contributed by atoms with Crippen LogP contribution in [-0.4, -0.2) is 41.2 Å². The molecule has 2 aliphatic carbocycles. The van der Waals surface area contributed by atoms with Crippen molar-refractivity contribution in [2.75, 3.05) is 11.9 Å². The van der Waals surface area contributed by atoms with E-state index in [2.05, 4.69) is 5.32 Å². The first kappa shape index (κ1) is 21.8. The highest BCUT2D eigenvalue weighted by Crippen LogP contribution is 2.56. The van der Waals surface area contributed by atoms with Crippen molar-refractivity contribution in [2.45, 2.75) is 46.1 Å². The van der Waals surface area contributed by atoms with Gasteiger partial charge in [-0.3, -0.25) is 19.3 Å². The molecule has 7 nitrogen and oxygen atoms in total. The van der Waals surface area contributed by atoms with Gasteiger partial charge in [-0.25, -0.2) is 4.79 Å². The Hall–Kier alpha value is -2.41. The molecule has 0 unspecified atom stereocenters. The van der Waals surface area contributed by atoms with Crippen LogP contribution in [0.15, 0.2) is 18.2 Å². The predicted octanol–water partition coefficient (Wildman–Crippen LogP) is 3.19. The molecule has 3 amide bonds.